The first-order valence-corrected chi connectivity index (χ1v) is 3.42. The summed E-state index contributed by atoms with van der Waals surface area (Å²) in [7, 11) is 0. The predicted octanol–water partition coefficient (Wildman–Crippen LogP) is 0.954. The molecule has 0 aromatic rings. The molecule has 0 aromatic carbocycles. The van der Waals surface area contributed by atoms with E-state index >= 15 is 0 Å². The summed E-state index contributed by atoms with van der Waals surface area (Å²) in [6, 6.07) is -0.00347. The van der Waals surface area contributed by atoms with Crippen LogP contribution in [-0.2, 0) is 4.79 Å². The molecule has 0 saturated heterocycles. The highest BCUT2D eigenvalue weighted by Crippen LogP contribution is 1.86. The fourth-order valence-electron chi connectivity index (χ4n) is 0.368. The zero-order valence-electron chi connectivity index (χ0n) is 5.48. The molecule has 0 aliphatic carbocycles. The average Bonchev–Trinajstić information content (AvgIpc) is 1.87. The van der Waals surface area contributed by atoms with Gasteiger partial charge in [-0.25, -0.2) is 0 Å². The Morgan fingerprint density at radius 2 is 2.44 bits per heavy atom. The lowest BCUT2D eigenvalue weighted by molar-refractivity contribution is -0.119. The van der Waals surface area contributed by atoms with Crippen molar-refractivity contribution in [3.8, 4) is 0 Å². The van der Waals surface area contributed by atoms with Crippen LogP contribution < -0.4 is 5.32 Å². The maximum Gasteiger partial charge on any atom is 0.235 e. The third-order valence-corrected chi connectivity index (χ3v) is 1.22. The van der Waals surface area contributed by atoms with Crippen LogP contribution in [0.1, 0.15) is 13.3 Å². The molecule has 0 bridgehead atoms. The van der Waals surface area contributed by atoms with Crippen molar-refractivity contribution in [2.75, 3.05) is 5.88 Å². The zero-order chi connectivity index (χ0) is 7.28. The fourth-order valence-corrected chi connectivity index (χ4v) is 0.445. The highest BCUT2D eigenvalue weighted by atomic mass is 35.5. The number of hydrogen-bond acceptors (Lipinski definition) is 1. The molecule has 0 fully saturated rings. The minimum Gasteiger partial charge on any atom is -0.352 e. The van der Waals surface area contributed by atoms with E-state index in [1.165, 1.54) is 0 Å². The van der Waals surface area contributed by atoms with Gasteiger partial charge in [0.15, 0.2) is 0 Å². The van der Waals surface area contributed by atoms with Crippen molar-refractivity contribution in [2.45, 2.75) is 19.4 Å². The van der Waals surface area contributed by atoms with E-state index in [1.54, 1.807) is 0 Å². The second-order valence-electron chi connectivity index (χ2n) is 1.81. The summed E-state index contributed by atoms with van der Waals surface area (Å²) in [4.78, 5) is 10.5. The molecule has 0 aromatic heterocycles. The monoisotopic (exact) mass is 148 g/mol. The molecule has 2 nitrogen and oxygen atoms in total. The van der Waals surface area contributed by atoms with Crippen LogP contribution in [0.5, 0.6) is 0 Å². The van der Waals surface area contributed by atoms with Gasteiger partial charge in [0.1, 0.15) is 5.88 Å². The minimum absolute atomic E-state index is 0.00347. The van der Waals surface area contributed by atoms with Crippen LogP contribution in [0, 0.1) is 6.92 Å². The summed E-state index contributed by atoms with van der Waals surface area (Å²) in [6.45, 7) is 5.60. The molecular weight excluding hydrogens is 138 g/mol. The summed E-state index contributed by atoms with van der Waals surface area (Å²) < 4.78 is 0. The molecule has 1 N–H and O–H groups in total. The molecule has 9 heavy (non-hydrogen) atoms. The lowest BCUT2D eigenvalue weighted by Crippen LogP contribution is -2.32. The number of carbonyl (C=O) groups is 1. The third-order valence-electron chi connectivity index (χ3n) is 0.979. The Morgan fingerprint density at radius 1 is 1.89 bits per heavy atom. The van der Waals surface area contributed by atoms with Gasteiger partial charge >= 0.3 is 0 Å². The summed E-state index contributed by atoms with van der Waals surface area (Å²) in [5, 5.41) is 2.60. The summed E-state index contributed by atoms with van der Waals surface area (Å²) >= 11 is 5.21. The molecule has 3 heteroatoms. The van der Waals surface area contributed by atoms with E-state index in [0.717, 1.165) is 6.42 Å². The number of carbonyl (C=O) groups excluding carboxylic acids is 1. The lowest BCUT2D eigenvalue weighted by Gasteiger charge is -2.08. The Hall–Kier alpha value is -0.240. The molecule has 0 aliphatic heterocycles. The number of hydrogen-bond donors (Lipinski definition) is 1. The quantitative estimate of drug-likeness (QED) is 0.594. The first-order valence-electron chi connectivity index (χ1n) is 2.89. The van der Waals surface area contributed by atoms with Crippen LogP contribution in [0.3, 0.4) is 0 Å². The van der Waals surface area contributed by atoms with E-state index in [2.05, 4.69) is 12.2 Å². The van der Waals surface area contributed by atoms with Gasteiger partial charge in [0.05, 0.1) is 0 Å². The second-order valence-corrected chi connectivity index (χ2v) is 2.07. The maximum atomic E-state index is 10.5. The van der Waals surface area contributed by atoms with Gasteiger partial charge in [-0.2, -0.15) is 0 Å². The van der Waals surface area contributed by atoms with Gasteiger partial charge in [0, 0.05) is 6.04 Å². The molecule has 0 heterocycles. The smallest absolute Gasteiger partial charge is 0.235 e. The van der Waals surface area contributed by atoms with Crippen molar-refractivity contribution < 1.29 is 4.79 Å². The molecule has 53 valence electrons. The summed E-state index contributed by atoms with van der Waals surface area (Å²) in [5.41, 5.74) is 0. The van der Waals surface area contributed by atoms with Gasteiger partial charge in [-0.3, -0.25) is 4.79 Å². The zero-order valence-corrected chi connectivity index (χ0v) is 6.24. The molecule has 1 amide bonds. The predicted molar refractivity (Wildman–Crippen MR) is 38.3 cm³/mol. The van der Waals surface area contributed by atoms with E-state index in [4.69, 9.17) is 11.6 Å². The first-order chi connectivity index (χ1) is 4.20. The van der Waals surface area contributed by atoms with Crippen molar-refractivity contribution in [3.05, 3.63) is 6.92 Å². The molecular formula is C6H11ClNO. The Labute approximate surface area is 60.6 Å². The fraction of sp³-hybridized carbons (Fsp3) is 0.667. The molecule has 0 saturated carbocycles. The maximum absolute atomic E-state index is 10.5. The second kappa shape index (κ2) is 4.62. The van der Waals surface area contributed by atoms with E-state index in [9.17, 15) is 4.79 Å². The van der Waals surface area contributed by atoms with E-state index in [-0.39, 0.29) is 17.8 Å². The van der Waals surface area contributed by atoms with Gasteiger partial charge in [-0.15, -0.1) is 11.6 Å². The van der Waals surface area contributed by atoms with Crippen molar-refractivity contribution in [1.29, 1.82) is 0 Å². The number of halogens is 1. The number of alkyl halides is 1. The number of amides is 1. The van der Waals surface area contributed by atoms with E-state index < -0.39 is 0 Å². The minimum atomic E-state index is -0.154. The number of rotatable bonds is 3. The van der Waals surface area contributed by atoms with Crippen LogP contribution in [0.25, 0.3) is 0 Å². The van der Waals surface area contributed by atoms with Crippen LogP contribution in [-0.4, -0.2) is 17.8 Å². The van der Waals surface area contributed by atoms with E-state index in [0.29, 0.717) is 0 Å². The average molecular weight is 149 g/mol. The SMILES string of the molecule is [CH2]C(CC)NC(=O)CCl. The van der Waals surface area contributed by atoms with Crippen molar-refractivity contribution in [3.63, 3.8) is 0 Å². The van der Waals surface area contributed by atoms with Crippen molar-refractivity contribution in [1.82, 2.24) is 5.32 Å². The molecule has 0 spiro atoms. The Kier molecular flexibility index (Phi) is 4.50. The van der Waals surface area contributed by atoms with Crippen LogP contribution >= 0.6 is 11.6 Å². The van der Waals surface area contributed by atoms with Gasteiger partial charge < -0.3 is 5.32 Å². The standard InChI is InChI=1S/C6H11ClNO/c1-3-5(2)8-6(9)4-7/h5H,2-4H2,1H3,(H,8,9). The van der Waals surface area contributed by atoms with E-state index in [1.807, 2.05) is 6.92 Å². The van der Waals surface area contributed by atoms with Gasteiger partial charge in [-0.05, 0) is 13.3 Å². The Morgan fingerprint density at radius 3 is 2.78 bits per heavy atom. The van der Waals surface area contributed by atoms with Gasteiger partial charge in [0.2, 0.25) is 5.91 Å². The molecule has 1 radical (unpaired) electrons. The highest BCUT2D eigenvalue weighted by molar-refractivity contribution is 6.27. The van der Waals surface area contributed by atoms with Crippen LogP contribution in [0.15, 0.2) is 0 Å². The topological polar surface area (TPSA) is 29.1 Å². The van der Waals surface area contributed by atoms with Crippen LogP contribution in [0.2, 0.25) is 0 Å². The van der Waals surface area contributed by atoms with Crippen molar-refractivity contribution >= 4 is 17.5 Å². The molecule has 0 aliphatic rings. The normalized spacial score (nSPS) is 12.8. The number of nitrogens with one attached hydrogen (secondary N) is 1. The Balaban J connectivity index is 3.34. The summed E-state index contributed by atoms with van der Waals surface area (Å²) in [5.74, 6) is -0.134. The first kappa shape index (κ1) is 8.76. The molecule has 1 atom stereocenters. The third kappa shape index (κ3) is 4.28. The largest absolute Gasteiger partial charge is 0.352 e. The van der Waals surface area contributed by atoms with Gasteiger partial charge in [-0.1, -0.05) is 6.92 Å². The lowest BCUT2D eigenvalue weighted by atomic mass is 10.3. The summed E-state index contributed by atoms with van der Waals surface area (Å²) in [6.07, 6.45) is 0.836. The molecule has 0 rings (SSSR count). The highest BCUT2D eigenvalue weighted by Gasteiger charge is 2.01. The Bertz CT molecular complexity index is 95.1. The van der Waals surface area contributed by atoms with Crippen molar-refractivity contribution in [2.24, 2.45) is 0 Å². The van der Waals surface area contributed by atoms with Crippen LogP contribution in [0.4, 0.5) is 0 Å². The molecule has 1 unspecified atom stereocenters. The van der Waals surface area contributed by atoms with Gasteiger partial charge in [0.25, 0.3) is 0 Å².